The van der Waals surface area contributed by atoms with Crippen LogP contribution >= 0.6 is 0 Å². The van der Waals surface area contributed by atoms with E-state index in [1.54, 1.807) is 19.2 Å². The minimum atomic E-state index is -0.377. The van der Waals surface area contributed by atoms with E-state index < -0.39 is 0 Å². The molecule has 0 radical (unpaired) electrons. The van der Waals surface area contributed by atoms with Crippen LogP contribution in [0, 0.1) is 0 Å². The third-order valence-corrected chi connectivity index (χ3v) is 4.45. The van der Waals surface area contributed by atoms with E-state index in [-0.39, 0.29) is 19.3 Å². The standard InChI is InChI=1S/C23H20N2O5/c1-27-20-12-22-21(29-15-30-22)11-18(20)13-24-25-23(26)14-28-19-9-7-17(8-10-19)16-5-3-2-4-6-16/h2-13H,14-15H2,1H3,(H,25,26)/b24-13-. The lowest BCUT2D eigenvalue weighted by Gasteiger charge is -2.07. The summed E-state index contributed by atoms with van der Waals surface area (Å²) in [6.45, 7) is 0.0137. The first-order valence-corrected chi connectivity index (χ1v) is 9.31. The predicted octanol–water partition coefficient (Wildman–Crippen LogP) is 3.62. The quantitative estimate of drug-likeness (QED) is 0.481. The maximum atomic E-state index is 12.0. The Labute approximate surface area is 173 Å². The molecule has 0 bridgehead atoms. The topological polar surface area (TPSA) is 78.4 Å². The summed E-state index contributed by atoms with van der Waals surface area (Å²) in [6, 6.07) is 21.0. The number of fused-ring (bicyclic) bond motifs is 1. The number of methoxy groups -OCH3 is 1. The van der Waals surface area contributed by atoms with E-state index in [0.29, 0.717) is 28.6 Å². The molecule has 0 unspecified atom stereocenters. The van der Waals surface area contributed by atoms with Crippen molar-refractivity contribution in [3.05, 3.63) is 72.3 Å². The smallest absolute Gasteiger partial charge is 0.277 e. The van der Waals surface area contributed by atoms with Crippen LogP contribution in [-0.2, 0) is 4.79 Å². The van der Waals surface area contributed by atoms with Gasteiger partial charge in [-0.15, -0.1) is 0 Å². The number of hydrazone groups is 1. The first-order valence-electron chi connectivity index (χ1n) is 9.31. The largest absolute Gasteiger partial charge is 0.496 e. The van der Waals surface area contributed by atoms with E-state index in [1.165, 1.54) is 6.21 Å². The van der Waals surface area contributed by atoms with E-state index >= 15 is 0 Å². The SMILES string of the molecule is COc1cc2c(cc1/C=N\NC(=O)COc1ccc(-c3ccccc3)cc1)OCO2. The third kappa shape index (κ3) is 4.52. The molecule has 7 nitrogen and oxygen atoms in total. The summed E-state index contributed by atoms with van der Waals surface area (Å²) in [7, 11) is 1.55. The highest BCUT2D eigenvalue weighted by Crippen LogP contribution is 2.37. The molecule has 0 aliphatic carbocycles. The molecule has 0 saturated heterocycles. The molecule has 1 amide bonds. The Balaban J connectivity index is 1.30. The molecule has 1 aliphatic rings. The Kier molecular flexibility index (Phi) is 5.80. The molecule has 30 heavy (non-hydrogen) atoms. The molecule has 0 atom stereocenters. The lowest BCUT2D eigenvalue weighted by atomic mass is 10.1. The zero-order chi connectivity index (χ0) is 20.8. The van der Waals surface area contributed by atoms with Crippen molar-refractivity contribution in [2.24, 2.45) is 5.10 Å². The molecule has 7 heteroatoms. The molecule has 152 valence electrons. The number of nitrogens with zero attached hydrogens (tertiary/aromatic N) is 1. The summed E-state index contributed by atoms with van der Waals surface area (Å²) in [4.78, 5) is 12.0. The molecular weight excluding hydrogens is 384 g/mol. The molecule has 1 aliphatic heterocycles. The van der Waals surface area contributed by atoms with Crippen molar-refractivity contribution in [1.82, 2.24) is 5.43 Å². The van der Waals surface area contributed by atoms with Gasteiger partial charge < -0.3 is 18.9 Å². The van der Waals surface area contributed by atoms with Gasteiger partial charge in [0.1, 0.15) is 11.5 Å². The van der Waals surface area contributed by atoms with Gasteiger partial charge in [-0.2, -0.15) is 5.10 Å². The summed E-state index contributed by atoms with van der Waals surface area (Å²) in [5.41, 5.74) is 5.29. The second-order valence-corrected chi connectivity index (χ2v) is 6.42. The Morgan fingerprint density at radius 1 is 1.03 bits per heavy atom. The van der Waals surface area contributed by atoms with Crippen LogP contribution in [0.4, 0.5) is 0 Å². The van der Waals surface area contributed by atoms with Crippen LogP contribution < -0.4 is 24.4 Å². The summed E-state index contributed by atoms with van der Waals surface area (Å²) in [6.07, 6.45) is 1.48. The van der Waals surface area contributed by atoms with Crippen LogP contribution in [0.3, 0.4) is 0 Å². The molecule has 0 fully saturated rings. The average Bonchev–Trinajstić information content (AvgIpc) is 3.25. The monoisotopic (exact) mass is 404 g/mol. The number of hydrogen-bond acceptors (Lipinski definition) is 6. The maximum absolute atomic E-state index is 12.0. The Hall–Kier alpha value is -4.00. The van der Waals surface area contributed by atoms with Gasteiger partial charge in [0.15, 0.2) is 18.1 Å². The average molecular weight is 404 g/mol. The van der Waals surface area contributed by atoms with Crippen LogP contribution in [0.2, 0.25) is 0 Å². The molecular formula is C23H20N2O5. The molecule has 0 saturated carbocycles. The van der Waals surface area contributed by atoms with E-state index in [2.05, 4.69) is 10.5 Å². The van der Waals surface area contributed by atoms with E-state index in [0.717, 1.165) is 11.1 Å². The van der Waals surface area contributed by atoms with Crippen LogP contribution in [0.5, 0.6) is 23.0 Å². The number of ether oxygens (including phenoxy) is 4. The van der Waals surface area contributed by atoms with Gasteiger partial charge >= 0.3 is 0 Å². The van der Waals surface area contributed by atoms with Crippen molar-refractivity contribution in [2.75, 3.05) is 20.5 Å². The van der Waals surface area contributed by atoms with Gasteiger partial charge in [-0.3, -0.25) is 4.79 Å². The van der Waals surface area contributed by atoms with Crippen LogP contribution in [0.15, 0.2) is 71.8 Å². The summed E-state index contributed by atoms with van der Waals surface area (Å²) < 4.78 is 21.5. The molecule has 1 heterocycles. The molecule has 3 aromatic rings. The van der Waals surface area contributed by atoms with Crippen molar-refractivity contribution in [3.8, 4) is 34.1 Å². The van der Waals surface area contributed by atoms with Gasteiger partial charge in [-0.05, 0) is 29.3 Å². The van der Waals surface area contributed by atoms with Crippen LogP contribution in [0.1, 0.15) is 5.56 Å². The first kappa shape index (κ1) is 19.3. The van der Waals surface area contributed by atoms with Gasteiger partial charge in [0.2, 0.25) is 6.79 Å². The second kappa shape index (κ2) is 9.00. The molecule has 3 aromatic carbocycles. The minimum absolute atomic E-state index is 0.152. The number of carbonyl (C=O) groups is 1. The van der Waals surface area contributed by atoms with Gasteiger partial charge in [0.25, 0.3) is 5.91 Å². The Bertz CT molecular complexity index is 1050. The number of carbonyl (C=O) groups excluding carboxylic acids is 1. The fourth-order valence-corrected chi connectivity index (χ4v) is 2.95. The highest BCUT2D eigenvalue weighted by atomic mass is 16.7. The van der Waals surface area contributed by atoms with Crippen molar-refractivity contribution < 1.29 is 23.7 Å². The minimum Gasteiger partial charge on any atom is -0.496 e. The molecule has 0 aromatic heterocycles. The predicted molar refractivity (Wildman–Crippen MR) is 112 cm³/mol. The fraction of sp³-hybridized carbons (Fsp3) is 0.130. The molecule has 1 N–H and O–H groups in total. The van der Waals surface area contributed by atoms with Gasteiger partial charge in [-0.25, -0.2) is 5.43 Å². The van der Waals surface area contributed by atoms with Crippen molar-refractivity contribution in [2.45, 2.75) is 0 Å². The summed E-state index contributed by atoms with van der Waals surface area (Å²) >= 11 is 0. The van der Waals surface area contributed by atoms with Gasteiger partial charge in [0.05, 0.1) is 13.3 Å². The fourth-order valence-electron chi connectivity index (χ4n) is 2.95. The normalized spacial score (nSPS) is 12.0. The number of rotatable bonds is 7. The second-order valence-electron chi connectivity index (χ2n) is 6.42. The Morgan fingerprint density at radius 3 is 2.47 bits per heavy atom. The summed E-state index contributed by atoms with van der Waals surface area (Å²) in [5.74, 6) is 2.00. The van der Waals surface area contributed by atoms with Gasteiger partial charge in [-0.1, -0.05) is 42.5 Å². The Morgan fingerprint density at radius 2 is 1.73 bits per heavy atom. The zero-order valence-electron chi connectivity index (χ0n) is 16.3. The molecule has 4 rings (SSSR count). The van der Waals surface area contributed by atoms with Crippen LogP contribution in [0.25, 0.3) is 11.1 Å². The number of benzene rings is 3. The zero-order valence-corrected chi connectivity index (χ0v) is 16.3. The van der Waals surface area contributed by atoms with Crippen molar-refractivity contribution >= 4 is 12.1 Å². The highest BCUT2D eigenvalue weighted by molar-refractivity contribution is 5.87. The number of hydrogen-bond donors (Lipinski definition) is 1. The van der Waals surface area contributed by atoms with E-state index in [1.807, 2.05) is 54.6 Å². The van der Waals surface area contributed by atoms with E-state index in [4.69, 9.17) is 18.9 Å². The van der Waals surface area contributed by atoms with Crippen molar-refractivity contribution in [3.63, 3.8) is 0 Å². The van der Waals surface area contributed by atoms with Gasteiger partial charge in [0, 0.05) is 11.6 Å². The maximum Gasteiger partial charge on any atom is 0.277 e. The number of nitrogens with one attached hydrogen (secondary N) is 1. The number of amides is 1. The third-order valence-electron chi connectivity index (χ3n) is 4.45. The molecule has 0 spiro atoms. The van der Waals surface area contributed by atoms with Crippen molar-refractivity contribution in [1.29, 1.82) is 0 Å². The van der Waals surface area contributed by atoms with Crippen LogP contribution in [-0.4, -0.2) is 32.6 Å². The summed E-state index contributed by atoms with van der Waals surface area (Å²) in [5, 5.41) is 3.96. The lowest BCUT2D eigenvalue weighted by Crippen LogP contribution is -2.24. The lowest BCUT2D eigenvalue weighted by molar-refractivity contribution is -0.123. The highest BCUT2D eigenvalue weighted by Gasteiger charge is 2.17. The van der Waals surface area contributed by atoms with E-state index in [9.17, 15) is 4.79 Å². The first-order chi connectivity index (χ1) is 14.7.